The van der Waals surface area contributed by atoms with Crippen molar-refractivity contribution in [1.82, 2.24) is 0 Å². The molecule has 2 rings (SSSR count). The summed E-state index contributed by atoms with van der Waals surface area (Å²) < 4.78 is 26.9. The Morgan fingerprint density at radius 2 is 1.08 bits per heavy atom. The van der Waals surface area contributed by atoms with Crippen LogP contribution in [-0.4, -0.2) is 44.3 Å². The van der Waals surface area contributed by atoms with E-state index >= 15 is 0 Å². The van der Waals surface area contributed by atoms with Crippen LogP contribution < -0.4 is 14.2 Å². The van der Waals surface area contributed by atoms with Crippen molar-refractivity contribution in [3.8, 4) is 28.4 Å². The smallest absolute Gasteiger partial charge is 0.338 e. The quantitative estimate of drug-likeness (QED) is 0.152. The minimum Gasteiger partial charge on any atom is -0.486 e. The Hall–Kier alpha value is -4.33. The van der Waals surface area contributed by atoms with E-state index in [0.29, 0.717) is 34.0 Å². The summed E-state index contributed by atoms with van der Waals surface area (Å²) >= 11 is 0. The van der Waals surface area contributed by atoms with Crippen LogP contribution in [0.4, 0.5) is 0 Å². The van der Waals surface area contributed by atoms with Crippen molar-refractivity contribution < 1.29 is 38.1 Å². The van der Waals surface area contributed by atoms with Crippen LogP contribution in [0.1, 0.15) is 28.2 Å². The molecule has 0 spiro atoms. The third-order valence-electron chi connectivity index (χ3n) is 4.54. The van der Waals surface area contributed by atoms with Gasteiger partial charge in [0.05, 0.1) is 0 Å². The highest BCUT2D eigenvalue weighted by Gasteiger charge is 2.12. The van der Waals surface area contributed by atoms with Crippen molar-refractivity contribution in [3.63, 3.8) is 0 Å². The normalized spacial score (nSPS) is 9.81. The summed E-state index contributed by atoms with van der Waals surface area (Å²) in [7, 11) is 0. The zero-order valence-corrected chi connectivity index (χ0v) is 20.8. The predicted molar refractivity (Wildman–Crippen MR) is 142 cm³/mol. The fourth-order valence-corrected chi connectivity index (χ4v) is 2.65. The lowest BCUT2D eigenvalue weighted by atomic mass is 10.0. The van der Waals surface area contributed by atoms with Crippen LogP contribution in [-0.2, 0) is 23.9 Å². The molecule has 0 bridgehead atoms. The summed E-state index contributed by atoms with van der Waals surface area (Å²) in [6, 6.07) is 12.3. The Labute approximate surface area is 218 Å². The molecule has 0 aromatic heterocycles. The molecule has 0 atom stereocenters. The van der Waals surface area contributed by atoms with Gasteiger partial charge in [-0.2, -0.15) is 0 Å². The molecule has 0 saturated carbocycles. The van der Waals surface area contributed by atoms with Crippen LogP contribution in [0.2, 0.25) is 0 Å². The van der Waals surface area contributed by atoms with Crippen LogP contribution in [0.3, 0.4) is 0 Å². The van der Waals surface area contributed by atoms with Gasteiger partial charge >= 0.3 is 17.9 Å². The van der Waals surface area contributed by atoms with E-state index in [1.54, 1.807) is 57.2 Å². The summed E-state index contributed by atoms with van der Waals surface area (Å²) in [5, 5.41) is 0. The largest absolute Gasteiger partial charge is 0.486 e. The average molecular weight is 511 g/mol. The second-order valence-corrected chi connectivity index (χ2v) is 7.89. The molecule has 0 N–H and O–H groups in total. The number of ether oxygens (including phenoxy) is 5. The van der Waals surface area contributed by atoms with Crippen molar-refractivity contribution in [2.75, 3.05) is 26.4 Å². The number of benzene rings is 2. The topological polar surface area (TPSA) is 97.4 Å². The first-order valence-electron chi connectivity index (χ1n) is 11.1. The van der Waals surface area contributed by atoms with Gasteiger partial charge in [0.15, 0.2) is 11.5 Å². The first kappa shape index (κ1) is 30.7. The van der Waals surface area contributed by atoms with Crippen LogP contribution in [0.5, 0.6) is 17.2 Å². The second kappa shape index (κ2) is 14.9. The minimum absolute atomic E-state index is 0. The lowest BCUT2D eigenvalue weighted by Gasteiger charge is -2.15. The van der Waals surface area contributed by atoms with Gasteiger partial charge in [-0.25, -0.2) is 14.4 Å². The van der Waals surface area contributed by atoms with Gasteiger partial charge in [-0.05, 0) is 56.2 Å². The summed E-state index contributed by atoms with van der Waals surface area (Å²) in [6.45, 7) is 15.6. The Balaban J connectivity index is 0.00000684. The zero-order chi connectivity index (χ0) is 26.7. The number of rotatable bonds is 13. The molecular formula is C29H34O8. The molecule has 2 aromatic carbocycles. The predicted octanol–water partition coefficient (Wildman–Crippen LogP) is 5.47. The van der Waals surface area contributed by atoms with Gasteiger partial charge in [0, 0.05) is 16.7 Å². The maximum absolute atomic E-state index is 11.7. The van der Waals surface area contributed by atoms with Gasteiger partial charge in [-0.3, -0.25) is 0 Å². The van der Waals surface area contributed by atoms with Crippen molar-refractivity contribution >= 4 is 17.9 Å². The second-order valence-electron chi connectivity index (χ2n) is 7.89. The monoisotopic (exact) mass is 510 g/mol. The minimum atomic E-state index is -0.504. The molecular weight excluding hydrogens is 476 g/mol. The number of carbonyl (C=O) groups is 3. The molecule has 0 radical (unpaired) electrons. The lowest BCUT2D eigenvalue weighted by molar-refractivity contribution is -0.140. The maximum Gasteiger partial charge on any atom is 0.338 e. The lowest BCUT2D eigenvalue weighted by Crippen LogP contribution is -2.14. The van der Waals surface area contributed by atoms with Crippen molar-refractivity contribution in [2.24, 2.45) is 0 Å². The van der Waals surface area contributed by atoms with Gasteiger partial charge in [0.25, 0.3) is 0 Å². The summed E-state index contributed by atoms with van der Waals surface area (Å²) in [5.41, 5.74) is 2.55. The van der Waals surface area contributed by atoms with Crippen LogP contribution >= 0.6 is 0 Å². The molecule has 198 valence electrons. The van der Waals surface area contributed by atoms with Gasteiger partial charge in [0.1, 0.15) is 32.2 Å². The fraction of sp³-hybridized carbons (Fsp3) is 0.276. The summed E-state index contributed by atoms with van der Waals surface area (Å²) in [4.78, 5) is 34.8. The highest BCUT2D eigenvalue weighted by molar-refractivity contribution is 5.89. The molecule has 0 fully saturated rings. The third kappa shape index (κ3) is 10.0. The van der Waals surface area contributed by atoms with Crippen LogP contribution in [0.25, 0.3) is 11.1 Å². The summed E-state index contributed by atoms with van der Waals surface area (Å²) in [5.74, 6) is -0.281. The Bertz CT molecular complexity index is 1140. The maximum atomic E-state index is 11.7. The highest BCUT2D eigenvalue weighted by Crippen LogP contribution is 2.33. The molecule has 8 heteroatoms. The van der Waals surface area contributed by atoms with E-state index in [0.717, 1.165) is 11.1 Å². The number of esters is 3. The van der Waals surface area contributed by atoms with Crippen molar-refractivity contribution in [3.05, 3.63) is 78.9 Å². The van der Waals surface area contributed by atoms with Gasteiger partial charge in [0.2, 0.25) is 0 Å². The first-order chi connectivity index (χ1) is 17.1. The molecule has 0 aliphatic rings. The highest BCUT2D eigenvalue weighted by atomic mass is 16.6. The number of hydrogen-bond donors (Lipinski definition) is 0. The van der Waals surface area contributed by atoms with E-state index in [1.807, 2.05) is 6.07 Å². The van der Waals surface area contributed by atoms with Crippen molar-refractivity contribution in [1.29, 1.82) is 0 Å². The third-order valence-corrected chi connectivity index (χ3v) is 4.54. The van der Waals surface area contributed by atoms with Crippen LogP contribution in [0, 0.1) is 0 Å². The molecule has 8 nitrogen and oxygen atoms in total. The fourth-order valence-electron chi connectivity index (χ4n) is 2.65. The Kier molecular flexibility index (Phi) is 12.4. The number of hydrogen-bond acceptors (Lipinski definition) is 8. The average Bonchev–Trinajstić information content (AvgIpc) is 2.84. The van der Waals surface area contributed by atoms with E-state index < -0.39 is 17.9 Å². The Morgan fingerprint density at radius 1 is 0.622 bits per heavy atom. The zero-order valence-electron chi connectivity index (χ0n) is 20.8. The molecule has 0 aliphatic carbocycles. The van der Waals surface area contributed by atoms with Gasteiger partial charge in [-0.1, -0.05) is 45.4 Å². The van der Waals surface area contributed by atoms with E-state index in [9.17, 15) is 14.4 Å². The van der Waals surface area contributed by atoms with E-state index in [4.69, 9.17) is 23.7 Å². The van der Waals surface area contributed by atoms with Gasteiger partial charge in [-0.15, -0.1) is 0 Å². The van der Waals surface area contributed by atoms with E-state index in [2.05, 4.69) is 19.7 Å². The molecule has 2 aromatic rings. The van der Waals surface area contributed by atoms with Crippen molar-refractivity contribution in [2.45, 2.75) is 28.2 Å². The molecule has 0 unspecified atom stereocenters. The molecule has 37 heavy (non-hydrogen) atoms. The molecule has 0 aliphatic heterocycles. The summed E-state index contributed by atoms with van der Waals surface area (Å²) in [6.07, 6.45) is 0. The number of carbonyl (C=O) groups excluding carboxylic acids is 3. The standard InChI is InChI=1S/C28H30O8.CH4/c1-18(2)26(29)34-15-13-32-24-12-9-22(17-25(24)33-14-16-35-27(30)19(3)4)21-7-10-23(11-8-21)36-28(31)20(5)6;/h7-12,17H,1,3,5,13-16H2,2,4,6H3;1H4. The van der Waals surface area contributed by atoms with Gasteiger partial charge < -0.3 is 23.7 Å². The molecule has 0 heterocycles. The Morgan fingerprint density at radius 3 is 1.57 bits per heavy atom. The van der Waals surface area contributed by atoms with Crippen LogP contribution in [0.15, 0.2) is 78.9 Å². The SMILES string of the molecule is C.C=C(C)C(=O)OCCOc1ccc(-c2ccc(OC(=O)C(=C)C)cc2)cc1OCCOC(=O)C(=C)C. The molecule has 0 amide bonds. The first-order valence-corrected chi connectivity index (χ1v) is 11.1. The van der Waals surface area contributed by atoms with E-state index in [1.165, 1.54) is 0 Å². The van der Waals surface area contributed by atoms with E-state index in [-0.39, 0.29) is 33.9 Å². The molecule has 0 saturated heterocycles.